The van der Waals surface area contributed by atoms with Crippen molar-refractivity contribution in [1.29, 1.82) is 0 Å². The van der Waals surface area contributed by atoms with Crippen molar-refractivity contribution in [2.24, 2.45) is 5.92 Å². The van der Waals surface area contributed by atoms with Gasteiger partial charge in [-0.05, 0) is 49.4 Å². The quantitative estimate of drug-likeness (QED) is 0.860. The molecule has 0 saturated heterocycles. The van der Waals surface area contributed by atoms with E-state index < -0.39 is 0 Å². The number of benzene rings is 1. The van der Waals surface area contributed by atoms with Crippen LogP contribution in [0.15, 0.2) is 24.3 Å². The summed E-state index contributed by atoms with van der Waals surface area (Å²) >= 11 is 0. The first-order valence-electron chi connectivity index (χ1n) is 7.32. The third-order valence-corrected chi connectivity index (χ3v) is 3.54. The molecule has 0 atom stereocenters. The van der Waals surface area contributed by atoms with Crippen LogP contribution in [0.1, 0.15) is 33.1 Å². The van der Waals surface area contributed by atoms with E-state index in [4.69, 9.17) is 4.74 Å². The first-order valence-corrected chi connectivity index (χ1v) is 7.32. The molecule has 2 amide bonds. The number of hydrogen-bond acceptors (Lipinski definition) is 2. The van der Waals surface area contributed by atoms with Crippen molar-refractivity contribution in [2.75, 3.05) is 19.0 Å². The van der Waals surface area contributed by atoms with Gasteiger partial charge in [0, 0.05) is 18.3 Å². The van der Waals surface area contributed by atoms with Crippen molar-refractivity contribution in [3.05, 3.63) is 24.3 Å². The van der Waals surface area contributed by atoms with Crippen LogP contribution in [0, 0.1) is 5.92 Å². The van der Waals surface area contributed by atoms with Crippen LogP contribution in [-0.2, 0) is 0 Å². The first kappa shape index (κ1) is 14.7. The lowest BCUT2D eigenvalue weighted by atomic mass is 10.1. The molecule has 0 aromatic heterocycles. The Balaban J connectivity index is 1.93. The highest BCUT2D eigenvalue weighted by Crippen LogP contribution is 2.28. The summed E-state index contributed by atoms with van der Waals surface area (Å²) < 4.78 is 5.11. The maximum atomic E-state index is 12.3. The second kappa shape index (κ2) is 6.64. The minimum absolute atomic E-state index is 0.0123. The number of carbonyl (C=O) groups is 1. The zero-order chi connectivity index (χ0) is 14.5. The Kier molecular flexibility index (Phi) is 4.88. The summed E-state index contributed by atoms with van der Waals surface area (Å²) in [7, 11) is 1.63. The molecule has 1 aromatic carbocycles. The number of rotatable bonds is 6. The smallest absolute Gasteiger partial charge is 0.322 e. The van der Waals surface area contributed by atoms with Gasteiger partial charge in [0.1, 0.15) is 5.75 Å². The molecule has 4 heteroatoms. The lowest BCUT2D eigenvalue weighted by Gasteiger charge is -2.23. The van der Waals surface area contributed by atoms with Gasteiger partial charge in [-0.25, -0.2) is 4.79 Å². The summed E-state index contributed by atoms with van der Waals surface area (Å²) in [6, 6.07) is 7.88. The van der Waals surface area contributed by atoms with Gasteiger partial charge >= 0.3 is 6.03 Å². The molecular formula is C16H24N2O2. The van der Waals surface area contributed by atoms with Crippen molar-refractivity contribution in [2.45, 2.75) is 39.2 Å². The molecule has 0 aliphatic heterocycles. The number of methoxy groups -OCH3 is 1. The van der Waals surface area contributed by atoms with Gasteiger partial charge in [-0.1, -0.05) is 13.8 Å². The summed E-state index contributed by atoms with van der Waals surface area (Å²) in [5.74, 6) is 1.41. The van der Waals surface area contributed by atoms with Crippen molar-refractivity contribution < 1.29 is 9.53 Å². The molecule has 2 rings (SSSR count). The number of urea groups is 1. The monoisotopic (exact) mass is 276 g/mol. The minimum atomic E-state index is 0.0123. The van der Waals surface area contributed by atoms with E-state index in [1.807, 2.05) is 29.2 Å². The highest BCUT2D eigenvalue weighted by molar-refractivity contribution is 5.89. The number of anilines is 1. The molecule has 1 aliphatic carbocycles. The molecule has 1 fully saturated rings. The van der Waals surface area contributed by atoms with Crippen LogP contribution in [0.2, 0.25) is 0 Å². The zero-order valence-electron chi connectivity index (χ0n) is 12.6. The van der Waals surface area contributed by atoms with E-state index >= 15 is 0 Å². The van der Waals surface area contributed by atoms with Crippen LogP contribution in [-0.4, -0.2) is 30.6 Å². The number of nitrogens with zero attached hydrogens (tertiary/aromatic N) is 1. The summed E-state index contributed by atoms with van der Waals surface area (Å²) in [6.45, 7) is 5.21. The van der Waals surface area contributed by atoms with Gasteiger partial charge in [0.2, 0.25) is 0 Å². The van der Waals surface area contributed by atoms with E-state index in [0.29, 0.717) is 12.0 Å². The van der Waals surface area contributed by atoms with E-state index in [1.54, 1.807) is 7.11 Å². The van der Waals surface area contributed by atoms with Crippen LogP contribution in [0.3, 0.4) is 0 Å². The third kappa shape index (κ3) is 4.15. The van der Waals surface area contributed by atoms with E-state index in [0.717, 1.165) is 37.2 Å². The van der Waals surface area contributed by atoms with Gasteiger partial charge in [-0.2, -0.15) is 0 Å². The molecule has 1 aromatic rings. The zero-order valence-corrected chi connectivity index (χ0v) is 12.6. The van der Waals surface area contributed by atoms with E-state index in [-0.39, 0.29) is 6.03 Å². The van der Waals surface area contributed by atoms with Crippen molar-refractivity contribution >= 4 is 11.7 Å². The van der Waals surface area contributed by atoms with Gasteiger partial charge in [0.15, 0.2) is 0 Å². The predicted molar refractivity (Wildman–Crippen MR) is 81.2 cm³/mol. The van der Waals surface area contributed by atoms with E-state index in [1.165, 1.54) is 0 Å². The van der Waals surface area contributed by atoms with E-state index in [2.05, 4.69) is 19.2 Å². The van der Waals surface area contributed by atoms with Crippen molar-refractivity contribution in [3.63, 3.8) is 0 Å². The minimum Gasteiger partial charge on any atom is -0.497 e. The molecule has 0 unspecified atom stereocenters. The fraction of sp³-hybridized carbons (Fsp3) is 0.562. The lowest BCUT2D eigenvalue weighted by Crippen LogP contribution is -2.37. The molecule has 1 aliphatic rings. The van der Waals surface area contributed by atoms with Gasteiger partial charge in [0.05, 0.1) is 7.11 Å². The maximum Gasteiger partial charge on any atom is 0.322 e. The SMILES string of the molecule is COc1ccc(NC(=O)N(CCC(C)C)C2CC2)cc1. The molecule has 20 heavy (non-hydrogen) atoms. The van der Waals surface area contributed by atoms with Crippen LogP contribution in [0.4, 0.5) is 10.5 Å². The topological polar surface area (TPSA) is 41.6 Å². The normalized spacial score (nSPS) is 14.2. The number of amides is 2. The Hall–Kier alpha value is -1.71. The molecular weight excluding hydrogens is 252 g/mol. The fourth-order valence-electron chi connectivity index (χ4n) is 2.10. The van der Waals surface area contributed by atoms with Gasteiger partial charge in [0.25, 0.3) is 0 Å². The molecule has 0 radical (unpaired) electrons. The Morgan fingerprint density at radius 2 is 2.00 bits per heavy atom. The molecule has 0 heterocycles. The Labute approximate surface area is 121 Å². The average Bonchev–Trinajstić information content (AvgIpc) is 3.24. The number of hydrogen-bond donors (Lipinski definition) is 1. The number of nitrogens with one attached hydrogen (secondary N) is 1. The number of ether oxygens (including phenoxy) is 1. The second-order valence-electron chi connectivity index (χ2n) is 5.77. The van der Waals surface area contributed by atoms with Gasteiger partial charge < -0.3 is 15.0 Å². The van der Waals surface area contributed by atoms with Crippen LogP contribution < -0.4 is 10.1 Å². The van der Waals surface area contributed by atoms with Gasteiger partial charge in [-0.3, -0.25) is 0 Å². The molecule has 0 spiro atoms. The molecule has 4 nitrogen and oxygen atoms in total. The third-order valence-electron chi connectivity index (χ3n) is 3.54. The van der Waals surface area contributed by atoms with Crippen molar-refractivity contribution in [3.8, 4) is 5.75 Å². The fourth-order valence-corrected chi connectivity index (χ4v) is 2.10. The van der Waals surface area contributed by atoms with Crippen LogP contribution in [0.5, 0.6) is 5.75 Å². The lowest BCUT2D eigenvalue weighted by molar-refractivity contribution is 0.205. The van der Waals surface area contributed by atoms with Crippen molar-refractivity contribution in [1.82, 2.24) is 4.90 Å². The second-order valence-corrected chi connectivity index (χ2v) is 5.77. The summed E-state index contributed by atoms with van der Waals surface area (Å²) in [5.41, 5.74) is 0.811. The summed E-state index contributed by atoms with van der Waals surface area (Å²) in [4.78, 5) is 14.3. The highest BCUT2D eigenvalue weighted by Gasteiger charge is 2.32. The van der Waals surface area contributed by atoms with Gasteiger partial charge in [-0.15, -0.1) is 0 Å². The Morgan fingerprint density at radius 1 is 1.35 bits per heavy atom. The maximum absolute atomic E-state index is 12.3. The largest absolute Gasteiger partial charge is 0.497 e. The Bertz CT molecular complexity index is 438. The molecule has 0 bridgehead atoms. The summed E-state index contributed by atoms with van der Waals surface area (Å²) in [5, 5.41) is 2.97. The van der Waals surface area contributed by atoms with Crippen LogP contribution in [0.25, 0.3) is 0 Å². The first-order chi connectivity index (χ1) is 9.60. The van der Waals surface area contributed by atoms with E-state index in [9.17, 15) is 4.79 Å². The highest BCUT2D eigenvalue weighted by atomic mass is 16.5. The molecule has 110 valence electrons. The standard InChI is InChI=1S/C16H24N2O2/c1-12(2)10-11-18(14-6-7-14)16(19)17-13-4-8-15(20-3)9-5-13/h4-5,8-9,12,14H,6-7,10-11H2,1-3H3,(H,17,19). The predicted octanol–water partition coefficient (Wildman–Crippen LogP) is 3.74. The molecule has 1 saturated carbocycles. The summed E-state index contributed by atoms with van der Waals surface area (Å²) in [6.07, 6.45) is 3.31. The molecule has 1 N–H and O–H groups in total. The Morgan fingerprint density at radius 3 is 2.50 bits per heavy atom. The average molecular weight is 276 g/mol. The number of carbonyl (C=O) groups excluding carboxylic acids is 1. The van der Waals surface area contributed by atoms with Crippen LogP contribution >= 0.6 is 0 Å².